The molecule has 0 aliphatic carbocycles. The van der Waals surface area contributed by atoms with Crippen LogP contribution in [0.4, 0.5) is 11.4 Å². The number of hydrogen-bond donors (Lipinski definition) is 3. The third-order valence-electron chi connectivity index (χ3n) is 3.21. The van der Waals surface area contributed by atoms with Crippen LogP contribution in [0.15, 0.2) is 72.8 Å². The number of phenolic OH excluding ortho intramolecular Hbond substituents is 2. The zero-order valence-corrected chi connectivity index (χ0v) is 11.3. The first-order valence-corrected chi connectivity index (χ1v) is 6.67. The van der Waals surface area contributed by atoms with E-state index in [4.69, 9.17) is 0 Å². The second-order valence-corrected chi connectivity index (χ2v) is 4.78. The SMILES string of the molecule is Oc1cc(Nc2ccccc2O)cc(-c2ccccc2)c1. The van der Waals surface area contributed by atoms with Gasteiger partial charge in [0.2, 0.25) is 0 Å². The van der Waals surface area contributed by atoms with Gasteiger partial charge in [-0.1, -0.05) is 42.5 Å². The zero-order valence-electron chi connectivity index (χ0n) is 11.3. The minimum absolute atomic E-state index is 0.169. The molecule has 0 aromatic heterocycles. The molecule has 3 aromatic carbocycles. The molecule has 0 bridgehead atoms. The number of rotatable bonds is 3. The highest BCUT2D eigenvalue weighted by atomic mass is 16.3. The Hall–Kier alpha value is -2.94. The molecule has 0 saturated carbocycles. The van der Waals surface area contributed by atoms with Gasteiger partial charge in [-0.2, -0.15) is 0 Å². The van der Waals surface area contributed by atoms with Crippen molar-refractivity contribution >= 4 is 11.4 Å². The van der Waals surface area contributed by atoms with E-state index in [1.165, 1.54) is 0 Å². The molecule has 0 unspecified atom stereocenters. The van der Waals surface area contributed by atoms with Gasteiger partial charge in [0.05, 0.1) is 5.69 Å². The standard InChI is InChI=1S/C18H15NO2/c20-16-11-14(13-6-2-1-3-7-13)10-15(12-16)19-17-8-4-5-9-18(17)21/h1-12,19-21H. The van der Waals surface area contributed by atoms with Gasteiger partial charge in [0, 0.05) is 11.8 Å². The van der Waals surface area contributed by atoms with Crippen LogP contribution in [0.3, 0.4) is 0 Å². The van der Waals surface area contributed by atoms with Gasteiger partial charge in [-0.25, -0.2) is 0 Å². The number of phenols is 2. The molecule has 0 atom stereocenters. The number of benzene rings is 3. The van der Waals surface area contributed by atoms with Crippen molar-refractivity contribution in [1.82, 2.24) is 0 Å². The molecule has 0 fully saturated rings. The molecule has 0 radical (unpaired) electrons. The summed E-state index contributed by atoms with van der Waals surface area (Å²) in [6.45, 7) is 0. The van der Waals surface area contributed by atoms with Crippen LogP contribution in [0.5, 0.6) is 11.5 Å². The molecule has 0 aliphatic rings. The summed E-state index contributed by atoms with van der Waals surface area (Å²) in [5.74, 6) is 0.344. The summed E-state index contributed by atoms with van der Waals surface area (Å²) in [4.78, 5) is 0. The summed E-state index contributed by atoms with van der Waals surface area (Å²) >= 11 is 0. The number of anilines is 2. The lowest BCUT2D eigenvalue weighted by Gasteiger charge is -2.11. The van der Waals surface area contributed by atoms with Crippen molar-refractivity contribution < 1.29 is 10.2 Å². The van der Waals surface area contributed by atoms with Crippen LogP contribution >= 0.6 is 0 Å². The molecule has 0 amide bonds. The molecule has 3 rings (SSSR count). The summed E-state index contributed by atoms with van der Waals surface area (Å²) in [6.07, 6.45) is 0. The van der Waals surface area contributed by atoms with E-state index in [-0.39, 0.29) is 11.5 Å². The van der Waals surface area contributed by atoms with Gasteiger partial charge in [-0.3, -0.25) is 0 Å². The lowest BCUT2D eigenvalue weighted by molar-refractivity contribution is 0.475. The fourth-order valence-electron chi connectivity index (χ4n) is 2.22. The van der Waals surface area contributed by atoms with Gasteiger partial charge in [-0.05, 0) is 35.4 Å². The first kappa shape index (κ1) is 13.1. The van der Waals surface area contributed by atoms with E-state index in [9.17, 15) is 10.2 Å². The summed E-state index contributed by atoms with van der Waals surface area (Å²) in [5, 5.41) is 22.8. The van der Waals surface area contributed by atoms with Crippen LogP contribution in [0.2, 0.25) is 0 Å². The normalized spacial score (nSPS) is 10.3. The molecule has 0 heterocycles. The highest BCUT2D eigenvalue weighted by molar-refractivity contribution is 5.74. The summed E-state index contributed by atoms with van der Waals surface area (Å²) in [5.41, 5.74) is 3.25. The van der Waals surface area contributed by atoms with Crippen LogP contribution in [0.1, 0.15) is 0 Å². The van der Waals surface area contributed by atoms with Crippen molar-refractivity contribution in [3.05, 3.63) is 72.8 Å². The molecular weight excluding hydrogens is 262 g/mol. The summed E-state index contributed by atoms with van der Waals surface area (Å²) < 4.78 is 0. The largest absolute Gasteiger partial charge is 0.508 e. The maximum absolute atomic E-state index is 9.90. The number of para-hydroxylation sites is 2. The molecule has 0 spiro atoms. The summed E-state index contributed by atoms with van der Waals surface area (Å²) in [6, 6.07) is 22.1. The predicted molar refractivity (Wildman–Crippen MR) is 84.9 cm³/mol. The summed E-state index contributed by atoms with van der Waals surface area (Å²) in [7, 11) is 0. The van der Waals surface area contributed by atoms with E-state index in [1.54, 1.807) is 30.3 Å². The van der Waals surface area contributed by atoms with Gasteiger partial charge < -0.3 is 15.5 Å². The van der Waals surface area contributed by atoms with Crippen molar-refractivity contribution in [3.8, 4) is 22.6 Å². The molecule has 21 heavy (non-hydrogen) atoms. The van der Waals surface area contributed by atoms with E-state index < -0.39 is 0 Å². The average Bonchev–Trinajstić information content (AvgIpc) is 2.50. The van der Waals surface area contributed by atoms with Crippen molar-refractivity contribution in [2.75, 3.05) is 5.32 Å². The van der Waals surface area contributed by atoms with E-state index in [1.807, 2.05) is 42.5 Å². The lowest BCUT2D eigenvalue weighted by atomic mass is 10.0. The molecule has 3 N–H and O–H groups in total. The van der Waals surface area contributed by atoms with Gasteiger partial charge >= 0.3 is 0 Å². The maximum atomic E-state index is 9.90. The Morgan fingerprint density at radius 2 is 1.38 bits per heavy atom. The fraction of sp³-hybridized carbons (Fsp3) is 0. The highest BCUT2D eigenvalue weighted by Gasteiger charge is 2.05. The minimum atomic E-state index is 0.169. The third-order valence-corrected chi connectivity index (χ3v) is 3.21. The fourth-order valence-corrected chi connectivity index (χ4v) is 2.22. The quantitative estimate of drug-likeness (QED) is 0.617. The zero-order chi connectivity index (χ0) is 14.7. The van der Waals surface area contributed by atoms with Gasteiger partial charge in [0.1, 0.15) is 11.5 Å². The third kappa shape index (κ3) is 2.98. The Kier molecular flexibility index (Phi) is 3.48. The van der Waals surface area contributed by atoms with E-state index in [2.05, 4.69) is 5.32 Å². The molecule has 104 valence electrons. The van der Waals surface area contributed by atoms with Crippen molar-refractivity contribution in [2.45, 2.75) is 0 Å². The van der Waals surface area contributed by atoms with E-state index in [0.717, 1.165) is 16.8 Å². The van der Waals surface area contributed by atoms with Gasteiger partial charge in [0.25, 0.3) is 0 Å². The molecule has 3 heteroatoms. The van der Waals surface area contributed by atoms with E-state index in [0.29, 0.717) is 5.69 Å². The van der Waals surface area contributed by atoms with Crippen molar-refractivity contribution in [2.24, 2.45) is 0 Å². The Morgan fingerprint density at radius 1 is 0.667 bits per heavy atom. The lowest BCUT2D eigenvalue weighted by Crippen LogP contribution is -1.91. The van der Waals surface area contributed by atoms with Crippen LogP contribution < -0.4 is 5.32 Å². The van der Waals surface area contributed by atoms with Crippen LogP contribution in [0.25, 0.3) is 11.1 Å². The van der Waals surface area contributed by atoms with Crippen molar-refractivity contribution in [3.63, 3.8) is 0 Å². The molecule has 0 aliphatic heterocycles. The van der Waals surface area contributed by atoms with Crippen LogP contribution in [-0.2, 0) is 0 Å². The molecular formula is C18H15NO2. The number of nitrogens with one attached hydrogen (secondary N) is 1. The number of aromatic hydroxyl groups is 2. The maximum Gasteiger partial charge on any atom is 0.139 e. The number of hydrogen-bond acceptors (Lipinski definition) is 3. The first-order chi connectivity index (χ1) is 10.2. The monoisotopic (exact) mass is 277 g/mol. The molecule has 0 saturated heterocycles. The van der Waals surface area contributed by atoms with Crippen molar-refractivity contribution in [1.29, 1.82) is 0 Å². The average molecular weight is 277 g/mol. The van der Waals surface area contributed by atoms with Crippen LogP contribution in [-0.4, -0.2) is 10.2 Å². The molecule has 3 aromatic rings. The second-order valence-electron chi connectivity index (χ2n) is 4.78. The Bertz CT molecular complexity index is 754. The van der Waals surface area contributed by atoms with Gasteiger partial charge in [-0.15, -0.1) is 0 Å². The first-order valence-electron chi connectivity index (χ1n) is 6.67. The van der Waals surface area contributed by atoms with E-state index >= 15 is 0 Å². The molecule has 3 nitrogen and oxygen atoms in total. The Morgan fingerprint density at radius 3 is 2.14 bits per heavy atom. The Balaban J connectivity index is 1.97. The van der Waals surface area contributed by atoms with Crippen LogP contribution in [0, 0.1) is 0 Å². The Labute approximate surface area is 123 Å². The van der Waals surface area contributed by atoms with Gasteiger partial charge in [0.15, 0.2) is 0 Å². The second kappa shape index (κ2) is 5.59. The smallest absolute Gasteiger partial charge is 0.139 e. The highest BCUT2D eigenvalue weighted by Crippen LogP contribution is 2.31. The topological polar surface area (TPSA) is 52.5 Å². The predicted octanol–water partition coefficient (Wildman–Crippen LogP) is 4.51. The minimum Gasteiger partial charge on any atom is -0.508 e.